The lowest BCUT2D eigenvalue weighted by molar-refractivity contribution is -0.126. The molecule has 2 aliphatic heterocycles. The smallest absolute Gasteiger partial charge is 0.234 e. The Hall–Kier alpha value is -0.690. The standard InChI is InChI=1S/C14H27N3O3/c1-16-5-3-6-17(8-7-16)10-14(18)15-12-4-9-20-11-13(12)19-2/h12-13H,3-11H2,1-2H3,(H,15,18)/t12-,13-/m0/s1. The van der Waals surface area contributed by atoms with Crippen molar-refractivity contribution in [3.05, 3.63) is 0 Å². The maximum absolute atomic E-state index is 12.2. The van der Waals surface area contributed by atoms with Gasteiger partial charge in [0, 0.05) is 26.8 Å². The maximum Gasteiger partial charge on any atom is 0.234 e. The zero-order valence-corrected chi connectivity index (χ0v) is 12.6. The Morgan fingerprint density at radius 1 is 1.35 bits per heavy atom. The van der Waals surface area contributed by atoms with Crippen LogP contribution >= 0.6 is 0 Å². The van der Waals surface area contributed by atoms with Gasteiger partial charge >= 0.3 is 0 Å². The molecule has 20 heavy (non-hydrogen) atoms. The molecule has 0 unspecified atom stereocenters. The van der Waals surface area contributed by atoms with Crippen LogP contribution in [0.15, 0.2) is 0 Å². The van der Waals surface area contributed by atoms with Crippen LogP contribution < -0.4 is 5.32 Å². The van der Waals surface area contributed by atoms with E-state index in [1.807, 2.05) is 0 Å². The lowest BCUT2D eigenvalue weighted by Crippen LogP contribution is -2.52. The number of methoxy groups -OCH3 is 1. The van der Waals surface area contributed by atoms with Crippen LogP contribution in [0.2, 0.25) is 0 Å². The van der Waals surface area contributed by atoms with Crippen molar-refractivity contribution in [2.45, 2.75) is 25.0 Å². The van der Waals surface area contributed by atoms with Crippen molar-refractivity contribution >= 4 is 5.91 Å². The van der Waals surface area contributed by atoms with Gasteiger partial charge in [0.05, 0.1) is 19.2 Å². The van der Waals surface area contributed by atoms with Crippen LogP contribution in [0.25, 0.3) is 0 Å². The summed E-state index contributed by atoms with van der Waals surface area (Å²) in [5.74, 6) is 0.100. The summed E-state index contributed by atoms with van der Waals surface area (Å²) in [6.07, 6.45) is 1.93. The van der Waals surface area contributed by atoms with Gasteiger partial charge in [-0.25, -0.2) is 0 Å². The van der Waals surface area contributed by atoms with Crippen LogP contribution in [0.5, 0.6) is 0 Å². The fourth-order valence-corrected chi connectivity index (χ4v) is 2.82. The average Bonchev–Trinajstić information content (AvgIpc) is 2.64. The second-order valence-electron chi connectivity index (χ2n) is 5.74. The first-order valence-corrected chi connectivity index (χ1v) is 7.50. The number of hydrogen-bond donors (Lipinski definition) is 1. The highest BCUT2D eigenvalue weighted by molar-refractivity contribution is 5.78. The maximum atomic E-state index is 12.2. The predicted molar refractivity (Wildman–Crippen MR) is 76.7 cm³/mol. The van der Waals surface area contributed by atoms with Gasteiger partial charge in [-0.1, -0.05) is 0 Å². The van der Waals surface area contributed by atoms with Crippen molar-refractivity contribution in [3.63, 3.8) is 0 Å². The van der Waals surface area contributed by atoms with Gasteiger partial charge in [0.1, 0.15) is 6.10 Å². The molecule has 116 valence electrons. The number of carbonyl (C=O) groups excluding carboxylic acids is 1. The third-order valence-corrected chi connectivity index (χ3v) is 4.13. The molecule has 0 radical (unpaired) electrons. The minimum Gasteiger partial charge on any atom is -0.379 e. The number of hydrogen-bond acceptors (Lipinski definition) is 5. The van der Waals surface area contributed by atoms with Gasteiger partial charge in [0.25, 0.3) is 0 Å². The quantitative estimate of drug-likeness (QED) is 0.758. The molecule has 2 aliphatic rings. The molecule has 2 saturated heterocycles. The number of ether oxygens (including phenoxy) is 2. The van der Waals surface area contributed by atoms with Gasteiger partial charge in [0.2, 0.25) is 5.91 Å². The first-order valence-electron chi connectivity index (χ1n) is 7.50. The van der Waals surface area contributed by atoms with Gasteiger partial charge in [-0.2, -0.15) is 0 Å². The number of amides is 1. The van der Waals surface area contributed by atoms with E-state index in [1.54, 1.807) is 7.11 Å². The monoisotopic (exact) mass is 285 g/mol. The third kappa shape index (κ3) is 4.70. The molecule has 0 spiro atoms. The molecule has 0 aromatic heterocycles. The Kier molecular flexibility index (Phi) is 6.22. The molecule has 6 nitrogen and oxygen atoms in total. The summed E-state index contributed by atoms with van der Waals surface area (Å²) < 4.78 is 10.7. The van der Waals surface area contributed by atoms with Crippen LogP contribution in [0.3, 0.4) is 0 Å². The lowest BCUT2D eigenvalue weighted by Gasteiger charge is -2.31. The van der Waals surface area contributed by atoms with E-state index in [4.69, 9.17) is 9.47 Å². The Balaban J connectivity index is 1.76. The first-order chi connectivity index (χ1) is 9.69. The minimum atomic E-state index is -0.0250. The number of carbonyl (C=O) groups is 1. The van der Waals surface area contributed by atoms with Gasteiger partial charge in [-0.15, -0.1) is 0 Å². The van der Waals surface area contributed by atoms with Crippen molar-refractivity contribution in [1.29, 1.82) is 0 Å². The van der Waals surface area contributed by atoms with Crippen LogP contribution in [-0.2, 0) is 14.3 Å². The number of rotatable bonds is 4. The molecule has 2 heterocycles. The van der Waals surface area contributed by atoms with Crippen LogP contribution in [0.4, 0.5) is 0 Å². The predicted octanol–water partition coefficient (Wildman–Crippen LogP) is -0.456. The van der Waals surface area contributed by atoms with Gasteiger partial charge < -0.3 is 19.7 Å². The van der Waals surface area contributed by atoms with E-state index in [1.165, 1.54) is 0 Å². The van der Waals surface area contributed by atoms with Crippen LogP contribution in [0.1, 0.15) is 12.8 Å². The molecule has 2 atom stereocenters. The second kappa shape index (κ2) is 7.93. The van der Waals surface area contributed by atoms with Gasteiger partial charge in [0.15, 0.2) is 0 Å². The van der Waals surface area contributed by atoms with E-state index in [2.05, 4.69) is 22.2 Å². The summed E-state index contributed by atoms with van der Waals surface area (Å²) in [6.45, 7) is 5.86. The Labute approximate surface area is 121 Å². The zero-order chi connectivity index (χ0) is 14.4. The molecular weight excluding hydrogens is 258 g/mol. The van der Waals surface area contributed by atoms with E-state index in [-0.39, 0.29) is 18.1 Å². The van der Waals surface area contributed by atoms with Crippen LogP contribution in [0, 0.1) is 0 Å². The van der Waals surface area contributed by atoms with E-state index in [0.717, 1.165) is 39.0 Å². The largest absolute Gasteiger partial charge is 0.379 e. The first kappa shape index (κ1) is 15.7. The number of likely N-dealkylation sites (N-methyl/N-ethyl adjacent to an activating group) is 1. The molecule has 0 aliphatic carbocycles. The number of nitrogens with one attached hydrogen (secondary N) is 1. The molecule has 0 saturated carbocycles. The Morgan fingerprint density at radius 2 is 2.20 bits per heavy atom. The molecule has 0 aromatic rings. The molecule has 1 N–H and O–H groups in total. The molecule has 1 amide bonds. The Morgan fingerprint density at radius 3 is 3.00 bits per heavy atom. The second-order valence-corrected chi connectivity index (χ2v) is 5.74. The number of nitrogens with zero attached hydrogens (tertiary/aromatic N) is 2. The summed E-state index contributed by atoms with van der Waals surface area (Å²) in [6, 6.07) is 0.0795. The fourth-order valence-electron chi connectivity index (χ4n) is 2.82. The molecular formula is C14H27N3O3. The van der Waals surface area contributed by atoms with E-state index >= 15 is 0 Å². The molecule has 2 fully saturated rings. The summed E-state index contributed by atoms with van der Waals surface area (Å²) in [4.78, 5) is 16.7. The van der Waals surface area contributed by atoms with Crippen molar-refractivity contribution in [1.82, 2.24) is 15.1 Å². The van der Waals surface area contributed by atoms with E-state index in [0.29, 0.717) is 19.8 Å². The lowest BCUT2D eigenvalue weighted by atomic mass is 10.1. The Bertz CT molecular complexity index is 314. The van der Waals surface area contributed by atoms with E-state index in [9.17, 15) is 4.79 Å². The van der Waals surface area contributed by atoms with Gasteiger partial charge in [-0.3, -0.25) is 9.69 Å². The SMILES string of the molecule is CO[C@H]1COCC[C@@H]1NC(=O)CN1CCCN(C)CC1. The summed E-state index contributed by atoms with van der Waals surface area (Å²) in [7, 11) is 3.80. The summed E-state index contributed by atoms with van der Waals surface area (Å²) in [5, 5.41) is 3.10. The van der Waals surface area contributed by atoms with Gasteiger partial charge in [-0.05, 0) is 33.0 Å². The normalized spacial score (nSPS) is 29.9. The topological polar surface area (TPSA) is 54.0 Å². The van der Waals surface area contributed by atoms with Crippen molar-refractivity contribution < 1.29 is 14.3 Å². The summed E-state index contributed by atoms with van der Waals surface area (Å²) >= 11 is 0. The summed E-state index contributed by atoms with van der Waals surface area (Å²) in [5.41, 5.74) is 0. The molecule has 6 heteroatoms. The van der Waals surface area contributed by atoms with Crippen molar-refractivity contribution in [2.75, 3.05) is 60.1 Å². The zero-order valence-electron chi connectivity index (χ0n) is 12.6. The third-order valence-electron chi connectivity index (χ3n) is 4.13. The molecule has 2 rings (SSSR count). The average molecular weight is 285 g/mol. The van der Waals surface area contributed by atoms with Crippen LogP contribution in [-0.4, -0.2) is 87.9 Å². The van der Waals surface area contributed by atoms with E-state index < -0.39 is 0 Å². The highest BCUT2D eigenvalue weighted by Crippen LogP contribution is 2.10. The van der Waals surface area contributed by atoms with Crippen molar-refractivity contribution in [2.24, 2.45) is 0 Å². The highest BCUT2D eigenvalue weighted by Gasteiger charge is 2.27. The van der Waals surface area contributed by atoms with Crippen molar-refractivity contribution in [3.8, 4) is 0 Å². The fraction of sp³-hybridized carbons (Fsp3) is 0.929. The molecule has 0 aromatic carbocycles. The highest BCUT2D eigenvalue weighted by atomic mass is 16.5. The minimum absolute atomic E-state index is 0.0250. The molecule has 0 bridgehead atoms.